The quantitative estimate of drug-likeness (QED) is 0.586. The standard InChI is InChI=1S/C19H20N2O5/c1-25-17-11-14(16(21(23)24)12-18(17)26-2)10-13-8-9-20(19(13)22)15-6-4-3-5-7-15/h3-7,11-13H,8-10H2,1-2H3. The average molecular weight is 356 g/mol. The zero-order valence-electron chi connectivity index (χ0n) is 14.7. The smallest absolute Gasteiger partial charge is 0.276 e. The summed E-state index contributed by atoms with van der Waals surface area (Å²) in [6.07, 6.45) is 0.943. The van der Waals surface area contributed by atoms with Crippen molar-refractivity contribution < 1.29 is 19.2 Å². The van der Waals surface area contributed by atoms with Gasteiger partial charge in [-0.25, -0.2) is 0 Å². The largest absolute Gasteiger partial charge is 0.493 e. The van der Waals surface area contributed by atoms with E-state index in [0.717, 1.165) is 5.69 Å². The summed E-state index contributed by atoms with van der Waals surface area (Å²) in [5.41, 5.74) is 1.26. The van der Waals surface area contributed by atoms with Crippen molar-refractivity contribution in [1.82, 2.24) is 0 Å². The number of nitrogens with zero attached hydrogens (tertiary/aromatic N) is 2. The summed E-state index contributed by atoms with van der Waals surface area (Å²) >= 11 is 0. The molecule has 0 aliphatic carbocycles. The van der Waals surface area contributed by atoms with Crippen molar-refractivity contribution in [1.29, 1.82) is 0 Å². The molecule has 0 aromatic heterocycles. The van der Waals surface area contributed by atoms with Gasteiger partial charge in [0.05, 0.1) is 25.2 Å². The molecule has 136 valence electrons. The molecule has 1 unspecified atom stereocenters. The lowest BCUT2D eigenvalue weighted by Gasteiger charge is -2.17. The van der Waals surface area contributed by atoms with E-state index < -0.39 is 4.92 Å². The first-order valence-electron chi connectivity index (χ1n) is 8.31. The molecule has 1 aliphatic rings. The lowest BCUT2D eigenvalue weighted by Crippen LogP contribution is -2.27. The van der Waals surface area contributed by atoms with E-state index in [1.54, 1.807) is 11.0 Å². The number of carbonyl (C=O) groups is 1. The molecular formula is C19H20N2O5. The number of nitro groups is 1. The molecule has 2 aromatic rings. The zero-order valence-corrected chi connectivity index (χ0v) is 14.7. The Morgan fingerprint density at radius 1 is 1.15 bits per heavy atom. The fourth-order valence-corrected chi connectivity index (χ4v) is 3.30. The van der Waals surface area contributed by atoms with Crippen LogP contribution in [0.2, 0.25) is 0 Å². The number of anilines is 1. The number of carbonyl (C=O) groups excluding carboxylic acids is 1. The fraction of sp³-hybridized carbons (Fsp3) is 0.316. The first-order valence-corrected chi connectivity index (χ1v) is 8.31. The third-order valence-electron chi connectivity index (χ3n) is 4.63. The first kappa shape index (κ1) is 17.7. The van der Waals surface area contributed by atoms with Gasteiger partial charge in [0.1, 0.15) is 0 Å². The molecule has 1 saturated heterocycles. The third kappa shape index (κ3) is 3.33. The van der Waals surface area contributed by atoms with Gasteiger partial charge in [-0.15, -0.1) is 0 Å². The highest BCUT2D eigenvalue weighted by Crippen LogP contribution is 2.37. The number of amides is 1. The minimum Gasteiger partial charge on any atom is -0.493 e. The van der Waals surface area contributed by atoms with Crippen LogP contribution in [0.1, 0.15) is 12.0 Å². The van der Waals surface area contributed by atoms with E-state index in [1.165, 1.54) is 20.3 Å². The Morgan fingerprint density at radius 3 is 2.42 bits per heavy atom. The van der Waals surface area contributed by atoms with Crippen molar-refractivity contribution in [3.63, 3.8) is 0 Å². The monoisotopic (exact) mass is 356 g/mol. The lowest BCUT2D eigenvalue weighted by molar-refractivity contribution is -0.385. The molecule has 1 aliphatic heterocycles. The van der Waals surface area contributed by atoms with Crippen LogP contribution < -0.4 is 14.4 Å². The molecule has 26 heavy (non-hydrogen) atoms. The van der Waals surface area contributed by atoms with Crippen LogP contribution in [0.3, 0.4) is 0 Å². The van der Waals surface area contributed by atoms with Crippen molar-refractivity contribution in [2.24, 2.45) is 5.92 Å². The van der Waals surface area contributed by atoms with E-state index >= 15 is 0 Å². The van der Waals surface area contributed by atoms with Crippen LogP contribution in [0.5, 0.6) is 11.5 Å². The fourth-order valence-electron chi connectivity index (χ4n) is 3.30. The minimum absolute atomic E-state index is 0.0136. The van der Waals surface area contributed by atoms with Gasteiger partial charge < -0.3 is 14.4 Å². The number of methoxy groups -OCH3 is 2. The van der Waals surface area contributed by atoms with Crippen molar-refractivity contribution in [2.75, 3.05) is 25.7 Å². The van der Waals surface area contributed by atoms with E-state index in [0.29, 0.717) is 36.4 Å². The van der Waals surface area contributed by atoms with Gasteiger partial charge in [-0.1, -0.05) is 18.2 Å². The molecule has 1 heterocycles. The SMILES string of the molecule is COc1cc(CC2CCN(c3ccccc3)C2=O)c([N+](=O)[O-])cc1OC. The number of benzene rings is 2. The number of hydrogen-bond donors (Lipinski definition) is 0. The molecule has 0 radical (unpaired) electrons. The normalized spacial score (nSPS) is 16.6. The summed E-state index contributed by atoms with van der Waals surface area (Å²) in [6, 6.07) is 12.4. The Balaban J connectivity index is 1.87. The van der Waals surface area contributed by atoms with Crippen LogP contribution in [0, 0.1) is 16.0 Å². The molecule has 1 amide bonds. The molecule has 0 N–H and O–H groups in total. The van der Waals surface area contributed by atoms with Crippen molar-refractivity contribution in [2.45, 2.75) is 12.8 Å². The summed E-state index contributed by atoms with van der Waals surface area (Å²) in [6.45, 7) is 0.606. The Hall–Kier alpha value is -3.09. The zero-order chi connectivity index (χ0) is 18.7. The second-order valence-electron chi connectivity index (χ2n) is 6.11. The topological polar surface area (TPSA) is 81.9 Å². The summed E-state index contributed by atoms with van der Waals surface area (Å²) in [5.74, 6) is 0.400. The number of ether oxygens (including phenoxy) is 2. The molecule has 0 spiro atoms. The van der Waals surface area contributed by atoms with Crippen LogP contribution in [0.25, 0.3) is 0 Å². The predicted molar refractivity (Wildman–Crippen MR) is 96.8 cm³/mol. The van der Waals surface area contributed by atoms with Gasteiger partial charge >= 0.3 is 0 Å². The summed E-state index contributed by atoms with van der Waals surface area (Å²) < 4.78 is 10.4. The Kier molecular flexibility index (Phi) is 5.06. The highest BCUT2D eigenvalue weighted by Gasteiger charge is 2.34. The molecule has 1 atom stereocenters. The summed E-state index contributed by atoms with van der Waals surface area (Å²) in [7, 11) is 2.91. The van der Waals surface area contributed by atoms with Gasteiger partial charge in [0.15, 0.2) is 11.5 Å². The van der Waals surface area contributed by atoms with Gasteiger partial charge in [0, 0.05) is 23.7 Å². The first-order chi connectivity index (χ1) is 12.5. The Bertz CT molecular complexity index is 822. The number of para-hydroxylation sites is 1. The van der Waals surface area contributed by atoms with Crippen molar-refractivity contribution >= 4 is 17.3 Å². The third-order valence-corrected chi connectivity index (χ3v) is 4.63. The maximum Gasteiger partial charge on any atom is 0.276 e. The average Bonchev–Trinajstić information content (AvgIpc) is 3.02. The molecule has 2 aromatic carbocycles. The lowest BCUT2D eigenvalue weighted by atomic mass is 9.96. The highest BCUT2D eigenvalue weighted by molar-refractivity contribution is 5.97. The maximum absolute atomic E-state index is 12.8. The van der Waals surface area contributed by atoms with Gasteiger partial charge in [-0.3, -0.25) is 14.9 Å². The molecular weight excluding hydrogens is 336 g/mol. The number of hydrogen-bond acceptors (Lipinski definition) is 5. The van der Waals surface area contributed by atoms with Crippen LogP contribution in [-0.4, -0.2) is 31.6 Å². The molecule has 0 saturated carbocycles. The number of rotatable bonds is 6. The Morgan fingerprint density at radius 2 is 1.81 bits per heavy atom. The van der Waals surface area contributed by atoms with Crippen molar-refractivity contribution in [3.8, 4) is 11.5 Å². The van der Waals surface area contributed by atoms with Crippen LogP contribution in [0.4, 0.5) is 11.4 Å². The predicted octanol–water partition coefficient (Wildman–Crippen LogP) is 3.21. The van der Waals surface area contributed by atoms with E-state index in [2.05, 4.69) is 0 Å². The van der Waals surface area contributed by atoms with E-state index in [1.807, 2.05) is 30.3 Å². The van der Waals surface area contributed by atoms with E-state index in [4.69, 9.17) is 9.47 Å². The van der Waals surface area contributed by atoms with Crippen LogP contribution in [0.15, 0.2) is 42.5 Å². The molecule has 3 rings (SSSR count). The van der Waals surface area contributed by atoms with E-state index in [9.17, 15) is 14.9 Å². The molecule has 7 nitrogen and oxygen atoms in total. The Labute approximate surface area is 151 Å². The van der Waals surface area contributed by atoms with Crippen LogP contribution in [-0.2, 0) is 11.2 Å². The summed E-state index contributed by atoms with van der Waals surface area (Å²) in [4.78, 5) is 25.5. The van der Waals surface area contributed by atoms with E-state index in [-0.39, 0.29) is 17.5 Å². The minimum atomic E-state index is -0.453. The molecule has 1 fully saturated rings. The summed E-state index contributed by atoms with van der Waals surface area (Å²) in [5, 5.41) is 11.4. The van der Waals surface area contributed by atoms with Gasteiger partial charge in [0.2, 0.25) is 5.91 Å². The van der Waals surface area contributed by atoms with Crippen molar-refractivity contribution in [3.05, 3.63) is 58.1 Å². The second-order valence-corrected chi connectivity index (χ2v) is 6.11. The molecule has 0 bridgehead atoms. The van der Waals surface area contributed by atoms with Gasteiger partial charge in [0.25, 0.3) is 5.69 Å². The molecule has 7 heteroatoms. The maximum atomic E-state index is 12.8. The van der Waals surface area contributed by atoms with Gasteiger partial charge in [-0.05, 0) is 31.0 Å². The second kappa shape index (κ2) is 7.43. The highest BCUT2D eigenvalue weighted by atomic mass is 16.6. The number of nitro benzene ring substituents is 1. The van der Waals surface area contributed by atoms with Gasteiger partial charge in [-0.2, -0.15) is 0 Å². The van der Waals surface area contributed by atoms with Crippen LogP contribution >= 0.6 is 0 Å².